The van der Waals surface area contributed by atoms with Crippen LogP contribution in [-0.2, 0) is 4.79 Å². The first-order chi connectivity index (χ1) is 13.8. The molecule has 5 nitrogen and oxygen atoms in total. The molecule has 28 heavy (non-hydrogen) atoms. The number of aromatic nitrogens is 2. The first-order valence-electron chi connectivity index (χ1n) is 10.7. The maximum atomic E-state index is 13.1. The Morgan fingerprint density at radius 3 is 2.29 bits per heavy atom. The van der Waals surface area contributed by atoms with E-state index in [0.717, 1.165) is 31.9 Å². The predicted molar refractivity (Wildman–Crippen MR) is 111 cm³/mol. The van der Waals surface area contributed by atoms with Crippen molar-refractivity contribution in [2.75, 3.05) is 18.0 Å². The van der Waals surface area contributed by atoms with Crippen LogP contribution < -0.4 is 10.2 Å². The fourth-order valence-electron chi connectivity index (χ4n) is 4.67. The molecule has 1 N–H and O–H groups in total. The van der Waals surface area contributed by atoms with Crippen molar-refractivity contribution < 1.29 is 4.79 Å². The van der Waals surface area contributed by atoms with E-state index >= 15 is 0 Å². The van der Waals surface area contributed by atoms with E-state index in [4.69, 9.17) is 0 Å². The second kappa shape index (κ2) is 9.18. The molecule has 1 amide bonds. The van der Waals surface area contributed by atoms with Crippen molar-refractivity contribution in [1.29, 1.82) is 0 Å². The third-order valence-corrected chi connectivity index (χ3v) is 6.28. The van der Waals surface area contributed by atoms with Crippen LogP contribution in [0.5, 0.6) is 0 Å². The van der Waals surface area contributed by atoms with E-state index in [1.165, 1.54) is 37.7 Å². The number of piperidine rings is 1. The Morgan fingerprint density at radius 2 is 1.61 bits per heavy atom. The highest BCUT2D eigenvalue weighted by Gasteiger charge is 2.31. The Labute approximate surface area is 167 Å². The van der Waals surface area contributed by atoms with Crippen LogP contribution in [-0.4, -0.2) is 29.0 Å². The van der Waals surface area contributed by atoms with E-state index < -0.39 is 0 Å². The molecule has 0 unspecified atom stereocenters. The van der Waals surface area contributed by atoms with E-state index in [1.54, 1.807) is 12.4 Å². The average Bonchev–Trinajstić information content (AvgIpc) is 2.79. The molecule has 2 fully saturated rings. The molecule has 2 heterocycles. The molecule has 0 radical (unpaired) electrons. The first kappa shape index (κ1) is 18.9. The van der Waals surface area contributed by atoms with Crippen molar-refractivity contribution in [3.8, 4) is 0 Å². The zero-order valence-electron chi connectivity index (χ0n) is 16.5. The maximum absolute atomic E-state index is 13.1. The van der Waals surface area contributed by atoms with Crippen molar-refractivity contribution in [2.24, 2.45) is 11.8 Å². The van der Waals surface area contributed by atoms with Gasteiger partial charge in [0.2, 0.25) is 11.9 Å². The number of nitrogens with one attached hydrogen (secondary N) is 1. The molecule has 1 atom stereocenters. The van der Waals surface area contributed by atoms with Gasteiger partial charge in [0.15, 0.2) is 0 Å². The first-order valence-corrected chi connectivity index (χ1v) is 10.7. The highest BCUT2D eigenvalue weighted by molar-refractivity contribution is 5.79. The van der Waals surface area contributed by atoms with Gasteiger partial charge in [-0.05, 0) is 43.2 Å². The molecular weight excluding hydrogens is 348 g/mol. The molecule has 5 heteroatoms. The number of nitrogens with zero attached hydrogens (tertiary/aromatic N) is 3. The Hall–Kier alpha value is -2.43. The highest BCUT2D eigenvalue weighted by atomic mass is 16.2. The minimum absolute atomic E-state index is 0.0785. The van der Waals surface area contributed by atoms with Gasteiger partial charge in [0, 0.05) is 31.4 Å². The zero-order valence-corrected chi connectivity index (χ0v) is 16.5. The smallest absolute Gasteiger partial charge is 0.225 e. The number of hydrogen-bond donors (Lipinski definition) is 1. The fraction of sp³-hybridized carbons (Fsp3) is 0.522. The molecule has 1 aromatic carbocycles. The Bertz CT molecular complexity index is 738. The highest BCUT2D eigenvalue weighted by Crippen LogP contribution is 2.35. The van der Waals surface area contributed by atoms with Crippen LogP contribution in [0.4, 0.5) is 5.95 Å². The SMILES string of the molecule is O=C(N[C@@H](c1ccccc1)C1CCCCC1)C1CCN(c2ncccn2)CC1. The topological polar surface area (TPSA) is 58.1 Å². The average molecular weight is 379 g/mol. The molecule has 1 saturated heterocycles. The summed E-state index contributed by atoms with van der Waals surface area (Å²) in [5.74, 6) is 1.62. The minimum atomic E-state index is 0.0785. The summed E-state index contributed by atoms with van der Waals surface area (Å²) in [5, 5.41) is 3.44. The van der Waals surface area contributed by atoms with Crippen LogP contribution >= 0.6 is 0 Å². The molecule has 1 saturated carbocycles. The monoisotopic (exact) mass is 378 g/mol. The molecule has 1 aliphatic heterocycles. The summed E-state index contributed by atoms with van der Waals surface area (Å²) in [4.78, 5) is 24.0. The van der Waals surface area contributed by atoms with Gasteiger partial charge >= 0.3 is 0 Å². The van der Waals surface area contributed by atoms with Crippen molar-refractivity contribution >= 4 is 11.9 Å². The summed E-state index contributed by atoms with van der Waals surface area (Å²) >= 11 is 0. The van der Waals surface area contributed by atoms with Gasteiger partial charge in [-0.25, -0.2) is 9.97 Å². The van der Waals surface area contributed by atoms with Crippen LogP contribution in [0.25, 0.3) is 0 Å². The standard InChI is InChI=1S/C23H30N4O/c28-22(20-12-16-27(17-13-20)23-24-14-7-15-25-23)26-21(18-8-3-1-4-9-18)19-10-5-2-6-11-19/h1,3-4,7-9,14-15,19-21H,2,5-6,10-13,16-17H2,(H,26,28)/t21-/m0/s1. The third kappa shape index (κ3) is 4.51. The summed E-state index contributed by atoms with van der Waals surface area (Å²) in [6, 6.07) is 12.5. The summed E-state index contributed by atoms with van der Waals surface area (Å²) in [6.07, 6.45) is 11.6. The Kier molecular flexibility index (Phi) is 6.20. The van der Waals surface area contributed by atoms with E-state index in [0.29, 0.717) is 5.92 Å². The van der Waals surface area contributed by atoms with Crippen LogP contribution in [0, 0.1) is 11.8 Å². The number of amides is 1. The lowest BCUT2D eigenvalue weighted by Gasteiger charge is -2.35. The largest absolute Gasteiger partial charge is 0.349 e. The van der Waals surface area contributed by atoms with Crippen molar-refractivity contribution in [3.05, 3.63) is 54.4 Å². The van der Waals surface area contributed by atoms with Gasteiger partial charge in [0.25, 0.3) is 0 Å². The summed E-state index contributed by atoms with van der Waals surface area (Å²) < 4.78 is 0. The summed E-state index contributed by atoms with van der Waals surface area (Å²) in [6.45, 7) is 1.67. The molecule has 148 valence electrons. The van der Waals surface area contributed by atoms with E-state index in [9.17, 15) is 4.79 Å². The lowest BCUT2D eigenvalue weighted by Crippen LogP contribution is -2.43. The quantitative estimate of drug-likeness (QED) is 0.850. The number of anilines is 1. The van der Waals surface area contributed by atoms with Gasteiger partial charge in [-0.3, -0.25) is 4.79 Å². The molecule has 0 spiro atoms. The maximum Gasteiger partial charge on any atom is 0.225 e. The lowest BCUT2D eigenvalue weighted by atomic mass is 9.80. The van der Waals surface area contributed by atoms with Crippen LogP contribution in [0.1, 0.15) is 56.6 Å². The normalized spacial score (nSPS) is 19.9. The molecule has 1 aromatic heterocycles. The summed E-state index contributed by atoms with van der Waals surface area (Å²) in [5.41, 5.74) is 1.25. The zero-order chi connectivity index (χ0) is 19.2. The number of rotatable bonds is 5. The van der Waals surface area contributed by atoms with Crippen LogP contribution in [0.15, 0.2) is 48.8 Å². The van der Waals surface area contributed by atoms with Gasteiger partial charge in [0.05, 0.1) is 6.04 Å². The molecule has 2 aliphatic rings. The van der Waals surface area contributed by atoms with Gasteiger partial charge in [-0.2, -0.15) is 0 Å². The number of benzene rings is 1. The number of carbonyl (C=O) groups is 1. The Balaban J connectivity index is 1.39. The van der Waals surface area contributed by atoms with Gasteiger partial charge < -0.3 is 10.2 Å². The molecule has 4 rings (SSSR count). The van der Waals surface area contributed by atoms with E-state index in [2.05, 4.69) is 44.5 Å². The van der Waals surface area contributed by atoms with E-state index in [1.807, 2.05) is 12.1 Å². The van der Waals surface area contributed by atoms with Crippen molar-refractivity contribution in [2.45, 2.75) is 51.0 Å². The molecule has 1 aliphatic carbocycles. The lowest BCUT2D eigenvalue weighted by molar-refractivity contribution is -0.126. The van der Waals surface area contributed by atoms with Crippen molar-refractivity contribution in [3.63, 3.8) is 0 Å². The minimum Gasteiger partial charge on any atom is -0.349 e. The Morgan fingerprint density at radius 1 is 0.929 bits per heavy atom. The summed E-state index contributed by atoms with van der Waals surface area (Å²) in [7, 11) is 0. The third-order valence-electron chi connectivity index (χ3n) is 6.28. The van der Waals surface area contributed by atoms with Gasteiger partial charge in [-0.15, -0.1) is 0 Å². The van der Waals surface area contributed by atoms with Gasteiger partial charge in [0.1, 0.15) is 0 Å². The second-order valence-electron chi connectivity index (χ2n) is 8.11. The van der Waals surface area contributed by atoms with Crippen LogP contribution in [0.2, 0.25) is 0 Å². The second-order valence-corrected chi connectivity index (χ2v) is 8.11. The van der Waals surface area contributed by atoms with E-state index in [-0.39, 0.29) is 17.9 Å². The molecular formula is C23H30N4O. The predicted octanol–water partition coefficient (Wildman–Crippen LogP) is 4.13. The van der Waals surface area contributed by atoms with Gasteiger partial charge in [-0.1, -0.05) is 49.6 Å². The number of hydrogen-bond acceptors (Lipinski definition) is 4. The van der Waals surface area contributed by atoms with Crippen LogP contribution in [0.3, 0.4) is 0 Å². The molecule has 0 bridgehead atoms. The van der Waals surface area contributed by atoms with Crippen molar-refractivity contribution in [1.82, 2.24) is 15.3 Å². The molecule has 2 aromatic rings. The number of carbonyl (C=O) groups excluding carboxylic acids is 1. The fourth-order valence-corrected chi connectivity index (χ4v) is 4.67.